The first-order valence-electron chi connectivity index (χ1n) is 4.98. The Morgan fingerprint density at radius 1 is 1.29 bits per heavy atom. The van der Waals surface area contributed by atoms with Crippen LogP contribution in [-0.2, 0) is 0 Å². The normalized spacial score (nSPS) is 11.4. The van der Waals surface area contributed by atoms with E-state index in [4.69, 9.17) is 5.73 Å². The smallest absolute Gasteiger partial charge is 0.0364 e. The highest BCUT2D eigenvalue weighted by molar-refractivity contribution is 5.58. The molecule has 3 N–H and O–H groups in total. The van der Waals surface area contributed by atoms with Gasteiger partial charge in [-0.15, -0.1) is 0 Å². The Morgan fingerprint density at radius 3 is 2.43 bits per heavy atom. The number of aryl methyl sites for hydroxylation is 1. The van der Waals surface area contributed by atoms with Crippen molar-refractivity contribution >= 4 is 11.4 Å². The molecule has 0 radical (unpaired) electrons. The van der Waals surface area contributed by atoms with Gasteiger partial charge in [0.2, 0.25) is 0 Å². The monoisotopic (exact) mass is 192 g/mol. The summed E-state index contributed by atoms with van der Waals surface area (Å²) < 4.78 is 0. The third kappa shape index (κ3) is 3.29. The molecule has 0 aromatic heterocycles. The minimum Gasteiger partial charge on any atom is -0.398 e. The number of anilines is 2. The lowest BCUT2D eigenvalue weighted by molar-refractivity contribution is 0.443. The van der Waals surface area contributed by atoms with Crippen molar-refractivity contribution in [1.82, 2.24) is 0 Å². The van der Waals surface area contributed by atoms with Crippen LogP contribution in [0.1, 0.15) is 26.3 Å². The molecule has 0 unspecified atom stereocenters. The molecule has 0 spiro atoms. The second kappa shape index (κ2) is 3.91. The maximum atomic E-state index is 5.82. The van der Waals surface area contributed by atoms with Crippen molar-refractivity contribution in [2.24, 2.45) is 5.41 Å². The van der Waals surface area contributed by atoms with Crippen LogP contribution in [-0.4, -0.2) is 6.54 Å². The molecular formula is C12H20N2. The molecule has 0 atom stereocenters. The van der Waals surface area contributed by atoms with Gasteiger partial charge in [0.25, 0.3) is 0 Å². The van der Waals surface area contributed by atoms with Gasteiger partial charge in [0.05, 0.1) is 0 Å². The van der Waals surface area contributed by atoms with Crippen LogP contribution in [0.25, 0.3) is 0 Å². The van der Waals surface area contributed by atoms with E-state index in [2.05, 4.69) is 32.2 Å². The van der Waals surface area contributed by atoms with Crippen LogP contribution in [0.15, 0.2) is 18.2 Å². The van der Waals surface area contributed by atoms with E-state index in [0.29, 0.717) is 5.41 Å². The van der Waals surface area contributed by atoms with Gasteiger partial charge in [-0.05, 0) is 30.0 Å². The van der Waals surface area contributed by atoms with E-state index in [0.717, 1.165) is 23.5 Å². The van der Waals surface area contributed by atoms with Crippen molar-refractivity contribution in [1.29, 1.82) is 0 Å². The number of hydrogen-bond donors (Lipinski definition) is 2. The summed E-state index contributed by atoms with van der Waals surface area (Å²) in [6.45, 7) is 9.59. The zero-order valence-electron chi connectivity index (χ0n) is 9.52. The maximum absolute atomic E-state index is 5.82. The van der Waals surface area contributed by atoms with Gasteiger partial charge in [-0.3, -0.25) is 0 Å². The summed E-state index contributed by atoms with van der Waals surface area (Å²) in [4.78, 5) is 0. The third-order valence-electron chi connectivity index (χ3n) is 2.10. The molecule has 0 fully saturated rings. The van der Waals surface area contributed by atoms with Gasteiger partial charge in [-0.25, -0.2) is 0 Å². The molecule has 0 aliphatic heterocycles. The average Bonchev–Trinajstić information content (AvgIpc) is 2.06. The van der Waals surface area contributed by atoms with E-state index in [1.54, 1.807) is 0 Å². The van der Waals surface area contributed by atoms with Gasteiger partial charge in [-0.1, -0.05) is 26.8 Å². The molecule has 1 aromatic rings. The molecule has 0 heterocycles. The number of nitrogens with one attached hydrogen (secondary N) is 1. The highest BCUT2D eigenvalue weighted by atomic mass is 14.9. The van der Waals surface area contributed by atoms with Gasteiger partial charge in [0.1, 0.15) is 0 Å². The lowest BCUT2D eigenvalue weighted by atomic mass is 9.97. The van der Waals surface area contributed by atoms with Crippen LogP contribution in [0, 0.1) is 12.3 Å². The van der Waals surface area contributed by atoms with Crippen LogP contribution in [0.2, 0.25) is 0 Å². The second-order valence-electron chi connectivity index (χ2n) is 4.99. The molecule has 0 saturated heterocycles. The minimum atomic E-state index is 0.291. The van der Waals surface area contributed by atoms with Crippen molar-refractivity contribution in [2.75, 3.05) is 17.6 Å². The molecule has 0 saturated carbocycles. The van der Waals surface area contributed by atoms with Crippen molar-refractivity contribution in [3.63, 3.8) is 0 Å². The van der Waals surface area contributed by atoms with E-state index < -0.39 is 0 Å². The summed E-state index contributed by atoms with van der Waals surface area (Å²) in [5.74, 6) is 0. The minimum absolute atomic E-state index is 0.291. The molecule has 0 amide bonds. The first kappa shape index (κ1) is 10.9. The average molecular weight is 192 g/mol. The summed E-state index contributed by atoms with van der Waals surface area (Å²) >= 11 is 0. The number of nitrogen functional groups attached to an aromatic ring is 1. The Morgan fingerprint density at radius 2 is 1.93 bits per heavy atom. The zero-order chi connectivity index (χ0) is 10.8. The molecule has 14 heavy (non-hydrogen) atoms. The molecule has 1 aromatic carbocycles. The van der Waals surface area contributed by atoms with E-state index in [9.17, 15) is 0 Å². The largest absolute Gasteiger partial charge is 0.398 e. The highest BCUT2D eigenvalue weighted by Gasteiger charge is 2.09. The van der Waals surface area contributed by atoms with Gasteiger partial charge >= 0.3 is 0 Å². The first-order chi connectivity index (χ1) is 6.38. The number of nitrogens with two attached hydrogens (primary N) is 1. The molecule has 0 aliphatic carbocycles. The quantitative estimate of drug-likeness (QED) is 0.707. The molecular weight excluding hydrogens is 172 g/mol. The van der Waals surface area contributed by atoms with E-state index >= 15 is 0 Å². The Bertz CT molecular complexity index is 311. The fourth-order valence-corrected chi connectivity index (χ4v) is 1.12. The molecule has 2 heteroatoms. The summed E-state index contributed by atoms with van der Waals surface area (Å²) in [5, 5.41) is 3.37. The standard InChI is InChI=1S/C12H20N2/c1-9-5-6-10(7-11(9)13)14-8-12(2,3)4/h5-7,14H,8,13H2,1-4H3. The summed E-state index contributed by atoms with van der Waals surface area (Å²) in [7, 11) is 0. The number of rotatable bonds is 2. The molecule has 1 rings (SSSR count). The Kier molecular flexibility index (Phi) is 3.04. The molecule has 78 valence electrons. The SMILES string of the molecule is Cc1ccc(NCC(C)(C)C)cc1N. The van der Waals surface area contributed by atoms with Crippen LogP contribution >= 0.6 is 0 Å². The number of benzene rings is 1. The predicted molar refractivity (Wildman–Crippen MR) is 63.5 cm³/mol. The van der Waals surface area contributed by atoms with Gasteiger partial charge in [0.15, 0.2) is 0 Å². The maximum Gasteiger partial charge on any atom is 0.0364 e. The fourth-order valence-electron chi connectivity index (χ4n) is 1.12. The lowest BCUT2D eigenvalue weighted by Crippen LogP contribution is -2.19. The number of hydrogen-bond acceptors (Lipinski definition) is 2. The topological polar surface area (TPSA) is 38.0 Å². The van der Waals surface area contributed by atoms with Crippen LogP contribution in [0.4, 0.5) is 11.4 Å². The van der Waals surface area contributed by atoms with Crippen molar-refractivity contribution in [3.8, 4) is 0 Å². The van der Waals surface area contributed by atoms with Gasteiger partial charge in [-0.2, -0.15) is 0 Å². The highest BCUT2D eigenvalue weighted by Crippen LogP contribution is 2.19. The van der Waals surface area contributed by atoms with Gasteiger partial charge < -0.3 is 11.1 Å². The summed E-state index contributed by atoms with van der Waals surface area (Å²) in [6, 6.07) is 6.10. The molecule has 0 aliphatic rings. The Hall–Kier alpha value is -1.18. The van der Waals surface area contributed by atoms with Crippen molar-refractivity contribution in [3.05, 3.63) is 23.8 Å². The van der Waals surface area contributed by atoms with Crippen LogP contribution in [0.5, 0.6) is 0 Å². The molecule has 2 nitrogen and oxygen atoms in total. The van der Waals surface area contributed by atoms with E-state index in [1.165, 1.54) is 0 Å². The van der Waals surface area contributed by atoms with E-state index in [1.807, 2.05) is 19.1 Å². The fraction of sp³-hybridized carbons (Fsp3) is 0.500. The van der Waals surface area contributed by atoms with Gasteiger partial charge in [0, 0.05) is 17.9 Å². The van der Waals surface area contributed by atoms with E-state index in [-0.39, 0.29) is 0 Å². The van der Waals surface area contributed by atoms with Crippen molar-refractivity contribution in [2.45, 2.75) is 27.7 Å². The predicted octanol–water partition coefficient (Wildman–Crippen LogP) is 3.04. The second-order valence-corrected chi connectivity index (χ2v) is 4.99. The lowest BCUT2D eigenvalue weighted by Gasteiger charge is -2.20. The van der Waals surface area contributed by atoms with Crippen molar-refractivity contribution < 1.29 is 0 Å². The van der Waals surface area contributed by atoms with Crippen LogP contribution < -0.4 is 11.1 Å². The zero-order valence-corrected chi connectivity index (χ0v) is 9.52. The van der Waals surface area contributed by atoms with Crippen LogP contribution in [0.3, 0.4) is 0 Å². The summed E-state index contributed by atoms with van der Waals surface area (Å²) in [5.41, 5.74) is 9.19. The third-order valence-corrected chi connectivity index (χ3v) is 2.10. The summed E-state index contributed by atoms with van der Waals surface area (Å²) in [6.07, 6.45) is 0. The molecule has 0 bridgehead atoms. The Labute approximate surface area is 86.5 Å². The Balaban J connectivity index is 2.65. The first-order valence-corrected chi connectivity index (χ1v) is 4.98.